The van der Waals surface area contributed by atoms with Crippen LogP contribution in [0.2, 0.25) is 0 Å². The highest BCUT2D eigenvalue weighted by Gasteiger charge is 2.64. The largest absolute Gasteiger partial charge is 0.454 e. The Morgan fingerprint density at radius 2 is 1.65 bits per heavy atom. The molecule has 0 radical (unpaired) electrons. The highest BCUT2D eigenvalue weighted by Crippen LogP contribution is 2.51. The van der Waals surface area contributed by atoms with Gasteiger partial charge in [0, 0.05) is 10.8 Å². The molecule has 3 aliphatic rings. The van der Waals surface area contributed by atoms with Gasteiger partial charge in [-0.2, -0.15) is 0 Å². The van der Waals surface area contributed by atoms with Crippen LogP contribution in [0.5, 0.6) is 11.5 Å². The van der Waals surface area contributed by atoms with E-state index in [9.17, 15) is 14.4 Å². The van der Waals surface area contributed by atoms with Crippen LogP contribution in [0, 0.1) is 0 Å². The summed E-state index contributed by atoms with van der Waals surface area (Å²) >= 11 is 1.49. The lowest BCUT2D eigenvalue weighted by atomic mass is 9.95. The topological polar surface area (TPSA) is 94.2 Å². The molecule has 2 saturated heterocycles. The van der Waals surface area contributed by atoms with E-state index in [1.165, 1.54) is 17.8 Å². The van der Waals surface area contributed by atoms with E-state index in [0.29, 0.717) is 11.5 Å². The second-order valence-electron chi connectivity index (χ2n) is 10.3. The van der Waals surface area contributed by atoms with Crippen LogP contribution in [0.15, 0.2) is 84.9 Å². The minimum atomic E-state index is -0.790. The molecule has 204 valence electrons. The maximum atomic E-state index is 13.7. The molecule has 9 heteroatoms. The minimum Gasteiger partial charge on any atom is -0.454 e. The molecule has 0 aliphatic carbocycles. The number of benzene rings is 3. The number of nitrogens with one attached hydrogen (secondary N) is 1. The number of rotatable bonds is 7. The van der Waals surface area contributed by atoms with E-state index in [1.807, 2.05) is 80.6 Å². The van der Waals surface area contributed by atoms with E-state index in [2.05, 4.69) is 5.32 Å². The number of fused-ring (bicyclic) bond motifs is 2. The molecule has 6 rings (SSSR count). The third kappa shape index (κ3) is 4.81. The molecule has 2 fully saturated rings. The molecule has 0 unspecified atom stereocenters. The van der Waals surface area contributed by atoms with Crippen LogP contribution >= 0.6 is 11.8 Å². The van der Waals surface area contributed by atoms with Crippen LogP contribution in [0.1, 0.15) is 36.6 Å². The van der Waals surface area contributed by atoms with Gasteiger partial charge in [0.1, 0.15) is 17.5 Å². The summed E-state index contributed by atoms with van der Waals surface area (Å²) < 4.78 is 16.2. The van der Waals surface area contributed by atoms with Crippen LogP contribution in [-0.2, 0) is 19.1 Å². The molecule has 3 aromatic rings. The van der Waals surface area contributed by atoms with Gasteiger partial charge < -0.3 is 24.4 Å². The quantitative estimate of drug-likeness (QED) is 0.263. The van der Waals surface area contributed by atoms with E-state index in [4.69, 9.17) is 14.2 Å². The number of hydrogen-bond acceptors (Lipinski definition) is 7. The molecular formula is C31H28N2O6S. The Morgan fingerprint density at radius 1 is 1.00 bits per heavy atom. The Morgan fingerprint density at radius 3 is 2.33 bits per heavy atom. The number of esters is 1. The van der Waals surface area contributed by atoms with Crippen molar-refractivity contribution in [3.63, 3.8) is 0 Å². The first kappa shape index (κ1) is 26.0. The monoisotopic (exact) mass is 556 g/mol. The predicted octanol–water partition coefficient (Wildman–Crippen LogP) is 4.31. The molecule has 40 heavy (non-hydrogen) atoms. The Balaban J connectivity index is 1.14. The third-order valence-electron chi connectivity index (χ3n) is 7.22. The van der Waals surface area contributed by atoms with Crippen LogP contribution in [0.3, 0.4) is 0 Å². The molecule has 3 atom stereocenters. The minimum absolute atomic E-state index is 0.173. The highest BCUT2D eigenvalue weighted by atomic mass is 32.2. The molecule has 0 spiro atoms. The van der Waals surface area contributed by atoms with Gasteiger partial charge in [0.15, 0.2) is 17.6 Å². The normalized spacial score (nSPS) is 22.2. The fourth-order valence-electron chi connectivity index (χ4n) is 5.28. The molecule has 0 saturated carbocycles. The number of β-lactam (4-membered cyclic amide) rings is 1. The van der Waals surface area contributed by atoms with E-state index in [-0.39, 0.29) is 18.1 Å². The van der Waals surface area contributed by atoms with Gasteiger partial charge in [0.25, 0.3) is 0 Å². The zero-order chi connectivity index (χ0) is 27.9. The molecule has 3 heterocycles. The summed E-state index contributed by atoms with van der Waals surface area (Å²) in [6, 6.07) is 23.0. The van der Waals surface area contributed by atoms with Crippen molar-refractivity contribution in [3.8, 4) is 11.5 Å². The SMILES string of the molecule is CC1(C)S[C@@H]2[C@H](NC(=O)/C=C/c3ccc4c(c3)OCO4)C(=O)N2[C@H]1C(=O)OC(c1ccccc1)c1ccccc1. The van der Waals surface area contributed by atoms with E-state index in [0.717, 1.165) is 16.7 Å². The summed E-state index contributed by atoms with van der Waals surface area (Å²) in [5.41, 5.74) is 2.46. The van der Waals surface area contributed by atoms with Gasteiger partial charge in [0.05, 0.1) is 0 Å². The van der Waals surface area contributed by atoms with Gasteiger partial charge in [0.2, 0.25) is 18.6 Å². The van der Waals surface area contributed by atoms with E-state index >= 15 is 0 Å². The lowest BCUT2D eigenvalue weighted by molar-refractivity contribution is -0.166. The Kier molecular flexibility index (Phi) is 6.75. The standard InChI is InChI=1S/C31H28N2O6S/c1-31(2)27(30(36)39-26(20-9-5-3-6-10-20)21-11-7-4-8-12-21)33-28(35)25(29(33)40-31)32-24(34)16-14-19-13-15-22-23(17-19)38-18-37-22/h3-17,25-27,29H,18H2,1-2H3,(H,32,34)/b16-14+/t25-,27+,29-/m1/s1. The average molecular weight is 557 g/mol. The van der Waals surface area contributed by atoms with Crippen molar-refractivity contribution < 1.29 is 28.6 Å². The number of ether oxygens (including phenoxy) is 3. The summed E-state index contributed by atoms with van der Waals surface area (Å²) in [5.74, 6) is 0.115. The molecule has 0 aromatic heterocycles. The number of carbonyl (C=O) groups is 3. The Bertz CT molecular complexity index is 1440. The third-order valence-corrected chi connectivity index (χ3v) is 8.80. The van der Waals surface area contributed by atoms with Crippen molar-refractivity contribution in [1.29, 1.82) is 0 Å². The lowest BCUT2D eigenvalue weighted by Crippen LogP contribution is -2.70. The molecule has 8 nitrogen and oxygen atoms in total. The van der Waals surface area contributed by atoms with Crippen molar-refractivity contribution in [2.24, 2.45) is 0 Å². The highest BCUT2D eigenvalue weighted by molar-refractivity contribution is 8.01. The maximum absolute atomic E-state index is 13.7. The summed E-state index contributed by atoms with van der Waals surface area (Å²) in [5, 5.41) is 2.44. The first-order valence-electron chi connectivity index (χ1n) is 13.0. The zero-order valence-corrected chi connectivity index (χ0v) is 22.8. The molecule has 1 N–H and O–H groups in total. The fraction of sp³-hybridized carbons (Fsp3) is 0.258. The van der Waals surface area contributed by atoms with E-state index < -0.39 is 34.8 Å². The molecule has 3 aromatic carbocycles. The molecule has 3 aliphatic heterocycles. The fourth-order valence-corrected chi connectivity index (χ4v) is 6.90. The summed E-state index contributed by atoms with van der Waals surface area (Å²) in [4.78, 5) is 41.2. The zero-order valence-electron chi connectivity index (χ0n) is 22.0. The van der Waals surface area contributed by atoms with Gasteiger partial charge in [-0.05, 0) is 48.7 Å². The molecule has 2 amide bonds. The predicted molar refractivity (Wildman–Crippen MR) is 150 cm³/mol. The van der Waals surface area contributed by atoms with Crippen molar-refractivity contribution >= 4 is 35.6 Å². The van der Waals surface area contributed by atoms with Gasteiger partial charge in [-0.15, -0.1) is 11.8 Å². The first-order chi connectivity index (χ1) is 19.3. The van der Waals surface area contributed by atoms with Gasteiger partial charge in [-0.3, -0.25) is 9.59 Å². The van der Waals surface area contributed by atoms with Crippen LogP contribution in [-0.4, -0.2) is 51.7 Å². The smallest absolute Gasteiger partial charge is 0.331 e. The van der Waals surface area contributed by atoms with Gasteiger partial charge >= 0.3 is 5.97 Å². The second-order valence-corrected chi connectivity index (χ2v) is 12.1. The average Bonchev–Trinajstić information content (AvgIpc) is 3.54. The van der Waals surface area contributed by atoms with Crippen molar-refractivity contribution in [2.75, 3.05) is 6.79 Å². The van der Waals surface area contributed by atoms with Gasteiger partial charge in [-0.25, -0.2) is 4.79 Å². The van der Waals surface area contributed by atoms with Crippen LogP contribution in [0.25, 0.3) is 6.08 Å². The summed E-state index contributed by atoms with van der Waals surface area (Å²) in [6.07, 6.45) is 2.43. The number of hydrogen-bond donors (Lipinski definition) is 1. The van der Waals surface area contributed by atoms with Crippen molar-refractivity contribution in [3.05, 3.63) is 102 Å². The number of nitrogens with zero attached hydrogens (tertiary/aromatic N) is 1. The Hall–Kier alpha value is -4.24. The van der Waals surface area contributed by atoms with Crippen LogP contribution < -0.4 is 14.8 Å². The summed E-state index contributed by atoms with van der Waals surface area (Å²) in [7, 11) is 0. The number of amides is 2. The number of carbonyl (C=O) groups excluding carboxylic acids is 3. The molecular weight excluding hydrogens is 528 g/mol. The van der Waals surface area contributed by atoms with Crippen LogP contribution in [0.4, 0.5) is 0 Å². The van der Waals surface area contributed by atoms with Crippen molar-refractivity contribution in [1.82, 2.24) is 10.2 Å². The van der Waals surface area contributed by atoms with E-state index in [1.54, 1.807) is 23.1 Å². The van der Waals surface area contributed by atoms with Gasteiger partial charge in [-0.1, -0.05) is 66.7 Å². The Labute approximate surface area is 236 Å². The molecule has 0 bridgehead atoms. The van der Waals surface area contributed by atoms with Crippen molar-refractivity contribution in [2.45, 2.75) is 42.2 Å². The lowest BCUT2D eigenvalue weighted by Gasteiger charge is -2.44. The number of thioether (sulfide) groups is 1. The first-order valence-corrected chi connectivity index (χ1v) is 13.9. The maximum Gasteiger partial charge on any atom is 0.331 e. The second kappa shape index (κ2) is 10.4. The summed E-state index contributed by atoms with van der Waals surface area (Å²) in [6.45, 7) is 4.02.